The molecule has 1 aromatic heterocycles. The van der Waals surface area contributed by atoms with Gasteiger partial charge in [-0.25, -0.2) is 9.79 Å². The van der Waals surface area contributed by atoms with Gasteiger partial charge in [0.1, 0.15) is 17.5 Å². The molecule has 2 heterocycles. The Morgan fingerprint density at radius 3 is 2.60 bits per heavy atom. The minimum absolute atomic E-state index is 0.0675. The number of ether oxygens (including phenoxy) is 3. The van der Waals surface area contributed by atoms with Gasteiger partial charge in [-0.1, -0.05) is 66.6 Å². The van der Waals surface area contributed by atoms with Crippen LogP contribution in [0.3, 0.4) is 0 Å². The van der Waals surface area contributed by atoms with Crippen molar-refractivity contribution in [2.75, 3.05) is 13.7 Å². The highest BCUT2D eigenvalue weighted by atomic mass is 35.5. The van der Waals surface area contributed by atoms with Crippen LogP contribution in [0, 0.1) is 0 Å². The zero-order valence-electron chi connectivity index (χ0n) is 24.3. The summed E-state index contributed by atoms with van der Waals surface area (Å²) >= 11 is 7.61. The highest BCUT2D eigenvalue weighted by Gasteiger charge is 2.37. The van der Waals surface area contributed by atoms with E-state index in [1.165, 1.54) is 11.3 Å². The van der Waals surface area contributed by atoms with Crippen molar-refractivity contribution in [2.24, 2.45) is 4.99 Å². The lowest BCUT2D eigenvalue weighted by atomic mass is 9.90. The van der Waals surface area contributed by atoms with Crippen LogP contribution in [-0.4, -0.2) is 30.4 Å². The number of carbonyl (C=O) groups excluding carboxylic acids is 1. The van der Waals surface area contributed by atoms with Crippen molar-refractivity contribution in [3.63, 3.8) is 0 Å². The molecule has 0 radical (unpaired) electrons. The summed E-state index contributed by atoms with van der Waals surface area (Å²) in [5.41, 5.74) is 2.06. The minimum atomic E-state index is -0.809. The quantitative estimate of drug-likeness (QED) is 0.213. The predicted octanol–water partition coefficient (Wildman–Crippen LogP) is 6.18. The highest BCUT2D eigenvalue weighted by molar-refractivity contribution is 7.07. The van der Waals surface area contributed by atoms with E-state index in [4.69, 9.17) is 30.8 Å². The summed E-state index contributed by atoms with van der Waals surface area (Å²) in [6.07, 6.45) is 3.01. The molecule has 0 fully saturated rings. The van der Waals surface area contributed by atoms with E-state index in [0.29, 0.717) is 54.7 Å². The number of nitrogens with zero attached hydrogens (tertiary/aromatic N) is 2. The van der Waals surface area contributed by atoms with Crippen LogP contribution in [0.5, 0.6) is 11.5 Å². The van der Waals surface area contributed by atoms with Crippen molar-refractivity contribution < 1.29 is 19.0 Å². The van der Waals surface area contributed by atoms with E-state index >= 15 is 0 Å². The first-order valence-electron chi connectivity index (χ1n) is 14.0. The van der Waals surface area contributed by atoms with Gasteiger partial charge in [-0.15, -0.1) is 0 Å². The number of benzene rings is 3. The maximum absolute atomic E-state index is 14.3. The first kappa shape index (κ1) is 29.6. The van der Waals surface area contributed by atoms with Gasteiger partial charge >= 0.3 is 5.97 Å². The number of aromatic nitrogens is 1. The molecular formula is C33H33ClN2O5S. The largest absolute Gasteiger partial charge is 0.496 e. The van der Waals surface area contributed by atoms with Crippen LogP contribution in [-0.2, 0) is 9.53 Å². The Bertz CT molecular complexity index is 1870. The first-order chi connectivity index (χ1) is 20.3. The predicted molar refractivity (Wildman–Crippen MR) is 167 cm³/mol. The standard InChI is InChI=1S/C33H33ClN2O5S/c1-6-10-24-29(32(38)40-7-2)30(28-23-12-9-8-11-20(23)13-15-26(28)39-5)36-31(37)27(42-33(36)35-24)18-21-17-22(34)14-16-25(21)41-19(3)4/h8-9,11-19,30H,6-7,10H2,1-5H3/b27-18+/t30-/m1/s1. The molecule has 9 heteroatoms. The second kappa shape index (κ2) is 12.5. The Kier molecular flexibility index (Phi) is 8.85. The molecule has 0 saturated carbocycles. The van der Waals surface area contributed by atoms with E-state index in [1.54, 1.807) is 42.9 Å². The fourth-order valence-electron chi connectivity index (χ4n) is 5.26. The molecule has 7 nitrogen and oxygen atoms in total. The summed E-state index contributed by atoms with van der Waals surface area (Å²) in [4.78, 5) is 33.4. The molecule has 0 amide bonds. The van der Waals surface area contributed by atoms with Crippen LogP contribution in [0.15, 0.2) is 75.7 Å². The topological polar surface area (TPSA) is 79.1 Å². The van der Waals surface area contributed by atoms with Crippen molar-refractivity contribution in [3.8, 4) is 11.5 Å². The molecule has 3 aromatic carbocycles. The summed E-state index contributed by atoms with van der Waals surface area (Å²) in [7, 11) is 1.59. The first-order valence-corrected chi connectivity index (χ1v) is 15.2. The molecular weight excluding hydrogens is 572 g/mol. The summed E-state index contributed by atoms with van der Waals surface area (Å²) in [6, 6.07) is 16.2. The molecule has 4 aromatic rings. The van der Waals surface area contributed by atoms with Gasteiger partial charge in [-0.3, -0.25) is 9.36 Å². The van der Waals surface area contributed by atoms with E-state index < -0.39 is 12.0 Å². The third kappa shape index (κ3) is 5.61. The van der Waals surface area contributed by atoms with Crippen LogP contribution in [0.1, 0.15) is 57.7 Å². The average Bonchev–Trinajstić information content (AvgIpc) is 3.27. The van der Waals surface area contributed by atoms with Gasteiger partial charge in [-0.05, 0) is 68.3 Å². The van der Waals surface area contributed by atoms with E-state index in [0.717, 1.165) is 17.2 Å². The van der Waals surface area contributed by atoms with E-state index in [9.17, 15) is 9.59 Å². The third-order valence-electron chi connectivity index (χ3n) is 6.94. The normalized spacial score (nSPS) is 15.1. The van der Waals surface area contributed by atoms with Crippen molar-refractivity contribution >= 4 is 45.8 Å². The van der Waals surface area contributed by atoms with Crippen molar-refractivity contribution in [1.82, 2.24) is 4.57 Å². The van der Waals surface area contributed by atoms with Crippen molar-refractivity contribution in [3.05, 3.63) is 102 Å². The maximum atomic E-state index is 14.3. The van der Waals surface area contributed by atoms with Crippen LogP contribution < -0.4 is 24.4 Å². The Hall–Kier alpha value is -3.88. The number of carbonyl (C=O) groups is 1. The molecule has 0 spiro atoms. The summed E-state index contributed by atoms with van der Waals surface area (Å²) in [5.74, 6) is 0.683. The molecule has 0 unspecified atom stereocenters. The number of fused-ring (bicyclic) bond motifs is 2. The van der Waals surface area contributed by atoms with Gasteiger partial charge in [0.2, 0.25) is 0 Å². The molecule has 0 aliphatic carbocycles. The zero-order chi connectivity index (χ0) is 30.0. The van der Waals surface area contributed by atoms with Crippen LogP contribution >= 0.6 is 22.9 Å². The SMILES string of the molecule is CCCC1=C(C(=O)OCC)[C@@H](c2c(OC)ccc3ccccc23)n2c(s/c(=C/c3cc(Cl)ccc3OC(C)C)c2=O)=N1. The Labute approximate surface area is 253 Å². The maximum Gasteiger partial charge on any atom is 0.338 e. The fourth-order valence-corrected chi connectivity index (χ4v) is 6.46. The van der Waals surface area contributed by atoms with Gasteiger partial charge in [0, 0.05) is 16.1 Å². The second-order valence-corrected chi connectivity index (χ2v) is 11.6. The third-order valence-corrected chi connectivity index (χ3v) is 8.16. The molecule has 218 valence electrons. The van der Waals surface area contributed by atoms with E-state index in [-0.39, 0.29) is 18.3 Å². The van der Waals surface area contributed by atoms with Gasteiger partial charge in [-0.2, -0.15) is 0 Å². The molecule has 1 atom stereocenters. The summed E-state index contributed by atoms with van der Waals surface area (Å²) < 4.78 is 19.5. The molecule has 0 saturated heterocycles. The molecule has 0 bridgehead atoms. The monoisotopic (exact) mass is 604 g/mol. The number of allylic oxidation sites excluding steroid dienone is 1. The zero-order valence-corrected chi connectivity index (χ0v) is 25.8. The van der Waals surface area contributed by atoms with Gasteiger partial charge in [0.25, 0.3) is 5.56 Å². The Morgan fingerprint density at radius 2 is 1.88 bits per heavy atom. The fraction of sp³-hybridized carbons (Fsp3) is 0.303. The average molecular weight is 605 g/mol. The van der Waals surface area contributed by atoms with Gasteiger partial charge in [0.05, 0.1) is 35.6 Å². The minimum Gasteiger partial charge on any atom is -0.496 e. The molecule has 5 rings (SSSR count). The molecule has 42 heavy (non-hydrogen) atoms. The van der Waals surface area contributed by atoms with Crippen LogP contribution in [0.2, 0.25) is 5.02 Å². The van der Waals surface area contributed by atoms with Gasteiger partial charge in [0.15, 0.2) is 4.80 Å². The van der Waals surface area contributed by atoms with Crippen LogP contribution in [0.4, 0.5) is 0 Å². The summed E-state index contributed by atoms with van der Waals surface area (Å²) in [6.45, 7) is 7.87. The number of halogens is 1. The number of esters is 1. The van der Waals surface area contributed by atoms with Gasteiger partial charge < -0.3 is 14.2 Å². The Balaban J connectivity index is 1.86. The summed E-state index contributed by atoms with van der Waals surface area (Å²) in [5, 5.41) is 2.36. The highest BCUT2D eigenvalue weighted by Crippen LogP contribution is 2.41. The van der Waals surface area contributed by atoms with E-state index in [2.05, 4.69) is 0 Å². The second-order valence-electron chi connectivity index (χ2n) is 10.2. The number of thiazole rings is 1. The number of hydrogen-bond acceptors (Lipinski definition) is 7. The lowest BCUT2D eigenvalue weighted by Crippen LogP contribution is -2.40. The number of methoxy groups -OCH3 is 1. The lowest BCUT2D eigenvalue weighted by molar-refractivity contribution is -0.139. The smallest absolute Gasteiger partial charge is 0.338 e. The molecule has 1 aliphatic heterocycles. The molecule has 0 N–H and O–H groups in total. The van der Waals surface area contributed by atoms with Crippen molar-refractivity contribution in [1.29, 1.82) is 0 Å². The Morgan fingerprint density at radius 1 is 1.12 bits per heavy atom. The van der Waals surface area contributed by atoms with E-state index in [1.807, 2.05) is 57.2 Å². The molecule has 1 aliphatic rings. The lowest BCUT2D eigenvalue weighted by Gasteiger charge is -2.28. The van der Waals surface area contributed by atoms with Crippen molar-refractivity contribution in [2.45, 2.75) is 52.7 Å². The number of rotatable bonds is 9. The number of hydrogen-bond donors (Lipinski definition) is 0. The van der Waals surface area contributed by atoms with Crippen LogP contribution in [0.25, 0.3) is 16.8 Å².